The number of halogens is 3. The molecule has 2 unspecified atom stereocenters. The summed E-state index contributed by atoms with van der Waals surface area (Å²) in [5.74, 6) is -11.7. The number of hydrogen-bond donors (Lipinski definition) is 2. The molecule has 0 saturated carbocycles. The van der Waals surface area contributed by atoms with Gasteiger partial charge in [-0.05, 0) is 35.7 Å². The maximum atomic E-state index is 15.1. The van der Waals surface area contributed by atoms with Crippen molar-refractivity contribution in [2.24, 2.45) is 0 Å². The summed E-state index contributed by atoms with van der Waals surface area (Å²) in [4.78, 5) is 50.8. The highest BCUT2D eigenvalue weighted by Crippen LogP contribution is 2.30. The summed E-state index contributed by atoms with van der Waals surface area (Å²) >= 11 is 5.62. The third kappa shape index (κ3) is 4.08. The van der Waals surface area contributed by atoms with E-state index in [2.05, 4.69) is 0 Å². The number of benzene rings is 2. The lowest BCUT2D eigenvalue weighted by Crippen LogP contribution is -2.52. The zero-order valence-electron chi connectivity index (χ0n) is 26.7. The first-order valence-electron chi connectivity index (χ1n) is 14.3. The van der Waals surface area contributed by atoms with E-state index in [1.54, 1.807) is 5.32 Å². The van der Waals surface area contributed by atoms with E-state index in [4.69, 9.17) is 26.7 Å². The Hall–Kier alpha value is -3.33. The van der Waals surface area contributed by atoms with Crippen LogP contribution in [0.4, 0.5) is 8.78 Å². The molecule has 2 aromatic carbocycles. The highest BCUT2D eigenvalue weighted by Gasteiger charge is 2.41. The third-order valence-corrected chi connectivity index (χ3v) is 4.65. The van der Waals surface area contributed by atoms with Crippen molar-refractivity contribution in [3.05, 3.63) is 69.6 Å². The van der Waals surface area contributed by atoms with Crippen LogP contribution < -0.4 is 10.6 Å². The quantitative estimate of drug-likeness (QED) is 0.654. The van der Waals surface area contributed by atoms with Crippen LogP contribution in [0.1, 0.15) is 53.5 Å². The molecule has 4 amide bonds. The van der Waals surface area contributed by atoms with Gasteiger partial charge in [0.25, 0.3) is 11.8 Å². The van der Waals surface area contributed by atoms with Gasteiger partial charge in [-0.3, -0.25) is 24.5 Å². The number of carbonyl (C=O) groups excluding carboxylic acids is 4. The maximum absolute atomic E-state index is 15.1. The molecule has 2 atom stereocenters. The summed E-state index contributed by atoms with van der Waals surface area (Å²) in [5.41, 5.74) is -2.18. The zero-order valence-corrected chi connectivity index (χ0v) is 16.4. The SMILES string of the molecule is [2H]c1c([2H])c(C(F)(F)C(=O)NC([2H])c2ccc3c(c2)CN(C2([2H])C(=O)N([2H])C(=O)C([2H])([2H])C2([2H])[2H])C3=O)c([2H])c([2H])c1Cl. The van der Waals surface area contributed by atoms with Gasteiger partial charge in [0.05, 0.1) is 8.22 Å². The number of imide groups is 1. The molecule has 0 radical (unpaired) electrons. The summed E-state index contributed by atoms with van der Waals surface area (Å²) in [6, 6.07) is -4.94. The van der Waals surface area contributed by atoms with Gasteiger partial charge in [0.2, 0.25) is 11.8 Å². The molecule has 0 aromatic heterocycles. The fraction of sp³-hybridized carbons (Fsp3) is 0.273. The fourth-order valence-electron chi connectivity index (χ4n) is 2.94. The van der Waals surface area contributed by atoms with E-state index >= 15 is 8.78 Å². The lowest BCUT2D eigenvalue weighted by Gasteiger charge is -2.29. The summed E-state index contributed by atoms with van der Waals surface area (Å²) in [6.07, 6.45) is -7.22. The third-order valence-electron chi connectivity index (χ3n) is 4.46. The molecule has 0 aliphatic carbocycles. The van der Waals surface area contributed by atoms with Crippen LogP contribution in [0.15, 0.2) is 42.4 Å². The Morgan fingerprint density at radius 2 is 2.09 bits per heavy atom. The predicted octanol–water partition coefficient (Wildman–Crippen LogP) is 2.51. The molecule has 32 heavy (non-hydrogen) atoms. The van der Waals surface area contributed by atoms with Crippen LogP contribution in [0.25, 0.3) is 0 Å². The van der Waals surface area contributed by atoms with Crippen molar-refractivity contribution in [3.8, 4) is 0 Å². The molecular formula is C22H18ClF2N3O4. The van der Waals surface area contributed by atoms with E-state index in [1.807, 2.05) is 0 Å². The van der Waals surface area contributed by atoms with Gasteiger partial charge in [0.15, 0.2) is 1.41 Å². The van der Waals surface area contributed by atoms with Gasteiger partial charge in [-0.1, -0.05) is 35.8 Å². The summed E-state index contributed by atoms with van der Waals surface area (Å²) in [5, 5.41) is 0.374. The molecule has 1 fully saturated rings. The van der Waals surface area contributed by atoms with Crippen LogP contribution in [0.3, 0.4) is 0 Å². The number of nitrogens with one attached hydrogen (secondary N) is 2. The molecule has 4 rings (SSSR count). The fourth-order valence-corrected chi connectivity index (χ4v) is 3.03. The lowest BCUT2D eigenvalue weighted by atomic mass is 10.0. The molecule has 2 aliphatic heterocycles. The summed E-state index contributed by atoms with van der Waals surface area (Å²) < 4.78 is 117. The van der Waals surface area contributed by atoms with Crippen molar-refractivity contribution in [1.29, 1.82) is 0 Å². The van der Waals surface area contributed by atoms with Gasteiger partial charge in [0, 0.05) is 41.1 Å². The second-order valence-electron chi connectivity index (χ2n) is 6.51. The van der Waals surface area contributed by atoms with E-state index < -0.39 is 101 Å². The number of carbonyl (C=O) groups is 4. The smallest absolute Gasteiger partial charge is 0.346 e. The van der Waals surface area contributed by atoms with E-state index in [0.29, 0.717) is 4.90 Å². The van der Waals surface area contributed by atoms with Crippen LogP contribution >= 0.6 is 11.6 Å². The Labute approximate surface area is 202 Å². The van der Waals surface area contributed by atoms with E-state index in [9.17, 15) is 19.2 Å². The Bertz CT molecular complexity index is 1600. The summed E-state index contributed by atoms with van der Waals surface area (Å²) in [6.45, 7) is -2.75. The van der Waals surface area contributed by atoms with Crippen molar-refractivity contribution < 1.29 is 43.1 Å². The topological polar surface area (TPSA) is 95.6 Å². The number of alkyl halides is 2. The molecule has 7 nitrogen and oxygen atoms in total. The Kier molecular flexibility index (Phi) is 3.13. The van der Waals surface area contributed by atoms with Gasteiger partial charge in [0.1, 0.15) is 6.02 Å². The van der Waals surface area contributed by atoms with Gasteiger partial charge in [-0.2, -0.15) is 8.78 Å². The molecule has 0 bridgehead atoms. The summed E-state index contributed by atoms with van der Waals surface area (Å²) in [7, 11) is 0. The van der Waals surface area contributed by atoms with Crippen LogP contribution in [0, 0.1) is 0 Å². The van der Waals surface area contributed by atoms with Crippen molar-refractivity contribution in [3.63, 3.8) is 0 Å². The van der Waals surface area contributed by atoms with Crippen LogP contribution in [0.2, 0.25) is 6.43 Å². The molecule has 1 saturated heterocycles. The standard InChI is InChI=1S/C22H18ClF2N3O4/c23-15-4-2-14(3-5-15)22(24,25)21(32)26-10-12-1-6-16-13(9-12)11-28(20(16)31)17-7-8-18(29)27-19(17)30/h1-6,9,17H,7-8,10-11H2,(H,26,32)(H,27,29,30)/i2D,3D,4D,5D,7D2,8D2,10D,17D/hD. The van der Waals surface area contributed by atoms with Gasteiger partial charge < -0.3 is 10.2 Å². The van der Waals surface area contributed by atoms with Crippen LogP contribution in [-0.2, 0) is 33.4 Å². The van der Waals surface area contributed by atoms with E-state index in [0.717, 1.165) is 18.2 Å². The van der Waals surface area contributed by atoms with Gasteiger partial charge >= 0.3 is 5.92 Å². The van der Waals surface area contributed by atoms with Crippen LogP contribution in [0.5, 0.6) is 0 Å². The molecule has 2 heterocycles. The first-order valence-corrected chi connectivity index (χ1v) is 9.14. The number of rotatable bonds is 5. The normalized spacial score (nSPS) is 30.1. The molecule has 2 aromatic rings. The minimum atomic E-state index is -4.67. The molecule has 166 valence electrons. The van der Waals surface area contributed by atoms with Crippen molar-refractivity contribution in [2.75, 3.05) is 0 Å². The number of amides is 4. The predicted molar refractivity (Wildman–Crippen MR) is 110 cm³/mol. The van der Waals surface area contributed by atoms with Crippen LogP contribution in [-0.4, -0.2) is 34.5 Å². The molecule has 0 spiro atoms. The average Bonchev–Trinajstić information content (AvgIpc) is 3.28. The number of fused-ring (bicyclic) bond motifs is 1. The first kappa shape index (κ1) is 12.1. The maximum Gasteiger partial charge on any atom is 0.349 e. The van der Waals surface area contributed by atoms with Gasteiger partial charge in [-0.15, -0.1) is 0 Å². The van der Waals surface area contributed by atoms with E-state index in [-0.39, 0.29) is 16.7 Å². The molecule has 2 N–H and O–H groups in total. The molecule has 2 aliphatic rings. The monoisotopic (exact) mass is 472 g/mol. The zero-order chi connectivity index (χ0) is 32.8. The van der Waals surface area contributed by atoms with Crippen molar-refractivity contribution >= 4 is 35.2 Å². The highest BCUT2D eigenvalue weighted by atomic mass is 35.5. The lowest BCUT2D eigenvalue weighted by molar-refractivity contribution is -0.147. The molecular weight excluding hydrogens is 444 g/mol. The van der Waals surface area contributed by atoms with E-state index in [1.165, 1.54) is 0 Å². The van der Waals surface area contributed by atoms with Gasteiger partial charge in [-0.25, -0.2) is 0 Å². The Morgan fingerprint density at radius 3 is 2.81 bits per heavy atom. The average molecular weight is 473 g/mol. The largest absolute Gasteiger partial charge is 0.349 e. The Balaban J connectivity index is 1.64. The second kappa shape index (κ2) is 8.31. The highest BCUT2D eigenvalue weighted by molar-refractivity contribution is 6.30. The number of hydrogen-bond acceptors (Lipinski definition) is 4. The molecule has 10 heteroatoms. The Morgan fingerprint density at radius 1 is 1.38 bits per heavy atom. The number of piperidine rings is 1. The second-order valence-corrected chi connectivity index (χ2v) is 6.89. The van der Waals surface area contributed by atoms with Crippen molar-refractivity contribution in [1.82, 2.24) is 15.5 Å². The minimum absolute atomic E-state index is 0.0951. The number of nitrogens with zero attached hydrogens (tertiary/aromatic N) is 1. The first-order chi connectivity index (χ1) is 19.6. The van der Waals surface area contributed by atoms with Crippen molar-refractivity contribution in [2.45, 2.75) is 37.8 Å². The minimum Gasteiger partial charge on any atom is -0.346 e.